The number of rotatable bonds is 6. The van der Waals surface area contributed by atoms with E-state index in [0.29, 0.717) is 5.69 Å². The molecule has 0 aliphatic heterocycles. The number of hydrogen-bond donors (Lipinski definition) is 2. The van der Waals surface area contributed by atoms with Crippen LogP contribution in [0.1, 0.15) is 11.1 Å². The van der Waals surface area contributed by atoms with Gasteiger partial charge in [-0.2, -0.15) is 0 Å². The highest BCUT2D eigenvalue weighted by Crippen LogP contribution is 2.21. The molecule has 2 N–H and O–H groups in total. The number of sulfonamides is 2. The van der Waals surface area contributed by atoms with Crippen molar-refractivity contribution in [2.75, 3.05) is 9.44 Å². The van der Waals surface area contributed by atoms with Gasteiger partial charge in [-0.25, -0.2) is 16.8 Å². The lowest BCUT2D eigenvalue weighted by Gasteiger charge is -2.11. The van der Waals surface area contributed by atoms with Crippen LogP contribution in [-0.4, -0.2) is 16.8 Å². The third-order valence-corrected chi connectivity index (χ3v) is 7.01. The van der Waals surface area contributed by atoms with Gasteiger partial charge in [-0.3, -0.25) is 9.44 Å². The van der Waals surface area contributed by atoms with Gasteiger partial charge in [0, 0.05) is 11.4 Å². The predicted molar refractivity (Wildman–Crippen MR) is 110 cm³/mol. The van der Waals surface area contributed by atoms with E-state index in [1.54, 1.807) is 42.5 Å². The van der Waals surface area contributed by atoms with E-state index in [1.165, 1.54) is 30.3 Å². The molecular weight excluding hydrogens is 396 g/mol. The van der Waals surface area contributed by atoms with Gasteiger partial charge in [0.25, 0.3) is 20.0 Å². The van der Waals surface area contributed by atoms with Gasteiger partial charge >= 0.3 is 0 Å². The Labute approximate surface area is 165 Å². The van der Waals surface area contributed by atoms with Crippen LogP contribution in [-0.2, 0) is 20.0 Å². The summed E-state index contributed by atoms with van der Waals surface area (Å²) in [6, 6.07) is 18.9. The van der Waals surface area contributed by atoms with Gasteiger partial charge < -0.3 is 0 Å². The Balaban J connectivity index is 1.79. The van der Waals surface area contributed by atoms with Crippen molar-refractivity contribution in [1.29, 1.82) is 0 Å². The Morgan fingerprint density at radius 1 is 0.571 bits per heavy atom. The summed E-state index contributed by atoms with van der Waals surface area (Å²) in [5.41, 5.74) is 2.59. The van der Waals surface area contributed by atoms with Gasteiger partial charge in [-0.05, 0) is 73.5 Å². The monoisotopic (exact) mass is 416 g/mol. The maximum absolute atomic E-state index is 12.5. The van der Waals surface area contributed by atoms with Crippen LogP contribution in [0.2, 0.25) is 0 Å². The molecule has 0 aromatic heterocycles. The molecule has 0 saturated carbocycles. The fourth-order valence-corrected chi connectivity index (χ4v) is 4.72. The number of benzene rings is 3. The minimum Gasteiger partial charge on any atom is -0.280 e. The molecule has 0 bridgehead atoms. The highest BCUT2D eigenvalue weighted by Gasteiger charge is 2.17. The van der Waals surface area contributed by atoms with E-state index in [0.717, 1.165) is 11.1 Å². The Kier molecular flexibility index (Phi) is 5.44. The number of hydrogen-bond acceptors (Lipinski definition) is 4. The molecule has 146 valence electrons. The third-order valence-electron chi connectivity index (χ3n) is 4.23. The average molecular weight is 417 g/mol. The third kappa shape index (κ3) is 4.52. The van der Waals surface area contributed by atoms with E-state index in [-0.39, 0.29) is 15.5 Å². The van der Waals surface area contributed by atoms with Crippen molar-refractivity contribution in [3.8, 4) is 0 Å². The molecule has 8 heteroatoms. The van der Waals surface area contributed by atoms with Crippen LogP contribution in [0, 0.1) is 13.8 Å². The van der Waals surface area contributed by atoms with E-state index >= 15 is 0 Å². The molecular formula is C20H20N2O4S2. The highest BCUT2D eigenvalue weighted by atomic mass is 32.2. The highest BCUT2D eigenvalue weighted by molar-refractivity contribution is 7.93. The molecule has 28 heavy (non-hydrogen) atoms. The van der Waals surface area contributed by atoms with Gasteiger partial charge in [-0.1, -0.05) is 24.3 Å². The fourth-order valence-electron chi connectivity index (χ4n) is 2.52. The summed E-state index contributed by atoms with van der Waals surface area (Å²) in [4.78, 5) is 0.184. The molecule has 0 amide bonds. The topological polar surface area (TPSA) is 92.3 Å². The van der Waals surface area contributed by atoms with Gasteiger partial charge in [0.05, 0.1) is 9.79 Å². The zero-order valence-electron chi connectivity index (χ0n) is 15.4. The molecule has 0 saturated heterocycles. The van der Waals surface area contributed by atoms with E-state index < -0.39 is 20.0 Å². The first-order valence-electron chi connectivity index (χ1n) is 8.45. The summed E-state index contributed by atoms with van der Waals surface area (Å²) in [7, 11) is -7.53. The Morgan fingerprint density at radius 3 is 1.64 bits per heavy atom. The second-order valence-electron chi connectivity index (χ2n) is 6.35. The van der Waals surface area contributed by atoms with Crippen molar-refractivity contribution >= 4 is 31.4 Å². The number of nitrogens with one attached hydrogen (secondary N) is 2. The van der Waals surface area contributed by atoms with Crippen LogP contribution >= 0.6 is 0 Å². The standard InChI is InChI=1S/C20H20N2O4S2/c1-15-8-11-20(14-16(15)2)28(25,26)22-18-9-12-19(13-10-18)27(23,24)21-17-6-4-3-5-7-17/h3-14,21-22H,1-2H3. The molecule has 0 aliphatic rings. The molecule has 0 spiro atoms. The van der Waals surface area contributed by atoms with Crippen LogP contribution in [0.4, 0.5) is 11.4 Å². The summed E-state index contributed by atoms with van der Waals surface area (Å²) in [6.07, 6.45) is 0. The van der Waals surface area contributed by atoms with Crippen molar-refractivity contribution in [1.82, 2.24) is 0 Å². The van der Waals surface area contributed by atoms with E-state index in [2.05, 4.69) is 9.44 Å². The molecule has 0 atom stereocenters. The first kappa shape index (κ1) is 19.9. The Hall–Kier alpha value is -2.84. The fraction of sp³-hybridized carbons (Fsp3) is 0.100. The minimum atomic E-state index is -3.76. The van der Waals surface area contributed by atoms with Crippen LogP contribution in [0.3, 0.4) is 0 Å². The first-order valence-corrected chi connectivity index (χ1v) is 11.4. The number of para-hydroxylation sites is 1. The van der Waals surface area contributed by atoms with Crippen molar-refractivity contribution in [3.05, 3.63) is 83.9 Å². The summed E-state index contributed by atoms with van der Waals surface area (Å²) >= 11 is 0. The molecule has 0 unspecified atom stereocenters. The summed E-state index contributed by atoms with van der Waals surface area (Å²) in [5.74, 6) is 0. The van der Waals surface area contributed by atoms with Crippen LogP contribution < -0.4 is 9.44 Å². The Morgan fingerprint density at radius 2 is 1.07 bits per heavy atom. The second kappa shape index (κ2) is 7.65. The average Bonchev–Trinajstić information content (AvgIpc) is 2.64. The van der Waals surface area contributed by atoms with Gasteiger partial charge in [0.1, 0.15) is 0 Å². The van der Waals surface area contributed by atoms with E-state index in [9.17, 15) is 16.8 Å². The lowest BCUT2D eigenvalue weighted by atomic mass is 10.1. The molecule has 0 aliphatic carbocycles. The van der Waals surface area contributed by atoms with Gasteiger partial charge in [0.15, 0.2) is 0 Å². The van der Waals surface area contributed by atoms with Crippen molar-refractivity contribution in [2.24, 2.45) is 0 Å². The van der Waals surface area contributed by atoms with Crippen LogP contribution in [0.25, 0.3) is 0 Å². The quantitative estimate of drug-likeness (QED) is 0.637. The smallest absolute Gasteiger partial charge is 0.261 e. The largest absolute Gasteiger partial charge is 0.280 e. The van der Waals surface area contributed by atoms with Crippen LogP contribution in [0.5, 0.6) is 0 Å². The van der Waals surface area contributed by atoms with Gasteiger partial charge in [0.2, 0.25) is 0 Å². The second-order valence-corrected chi connectivity index (χ2v) is 9.71. The van der Waals surface area contributed by atoms with E-state index in [1.807, 2.05) is 13.8 Å². The molecule has 0 fully saturated rings. The first-order chi connectivity index (χ1) is 13.2. The molecule has 6 nitrogen and oxygen atoms in total. The molecule has 0 heterocycles. The van der Waals surface area contributed by atoms with Crippen molar-refractivity contribution in [3.63, 3.8) is 0 Å². The number of aryl methyl sites for hydroxylation is 2. The lowest BCUT2D eigenvalue weighted by Crippen LogP contribution is -2.14. The molecule has 0 radical (unpaired) electrons. The maximum atomic E-state index is 12.5. The van der Waals surface area contributed by atoms with Gasteiger partial charge in [-0.15, -0.1) is 0 Å². The van der Waals surface area contributed by atoms with Crippen molar-refractivity contribution < 1.29 is 16.8 Å². The minimum absolute atomic E-state index is 0.0329. The number of anilines is 2. The predicted octanol–water partition coefficient (Wildman–Crippen LogP) is 3.91. The SMILES string of the molecule is Cc1ccc(S(=O)(=O)Nc2ccc(S(=O)(=O)Nc3ccccc3)cc2)cc1C. The summed E-state index contributed by atoms with van der Waals surface area (Å²) < 4.78 is 54.9. The summed E-state index contributed by atoms with van der Waals surface area (Å²) in [5, 5.41) is 0. The molecule has 3 aromatic rings. The van der Waals surface area contributed by atoms with Crippen LogP contribution in [0.15, 0.2) is 82.6 Å². The van der Waals surface area contributed by atoms with E-state index in [4.69, 9.17) is 0 Å². The van der Waals surface area contributed by atoms with Crippen molar-refractivity contribution in [2.45, 2.75) is 23.6 Å². The molecule has 3 rings (SSSR count). The molecule has 3 aromatic carbocycles. The normalized spacial score (nSPS) is 11.8. The summed E-state index contributed by atoms with van der Waals surface area (Å²) in [6.45, 7) is 3.75. The Bertz CT molecular complexity index is 1190. The zero-order chi connectivity index (χ0) is 20.4. The zero-order valence-corrected chi connectivity index (χ0v) is 17.0. The lowest BCUT2D eigenvalue weighted by molar-refractivity contribution is 0.600. The maximum Gasteiger partial charge on any atom is 0.261 e.